The lowest BCUT2D eigenvalue weighted by Crippen LogP contribution is -2.42. The number of fused-ring (bicyclic) bond motifs is 1. The van der Waals surface area contributed by atoms with Crippen LogP contribution in [0, 0.1) is 0 Å². The van der Waals surface area contributed by atoms with Gasteiger partial charge >= 0.3 is 0 Å². The van der Waals surface area contributed by atoms with E-state index in [0.717, 1.165) is 29.4 Å². The average molecular weight is 569 g/mol. The van der Waals surface area contributed by atoms with Crippen LogP contribution in [0.2, 0.25) is 5.02 Å². The monoisotopic (exact) mass is 568 g/mol. The van der Waals surface area contributed by atoms with Crippen molar-refractivity contribution in [3.05, 3.63) is 81.2 Å². The summed E-state index contributed by atoms with van der Waals surface area (Å²) in [6.07, 6.45) is 3.64. The van der Waals surface area contributed by atoms with Gasteiger partial charge in [0.25, 0.3) is 5.56 Å². The number of rotatable bonds is 11. The van der Waals surface area contributed by atoms with Gasteiger partial charge in [-0.2, -0.15) is 0 Å². The standard InChI is InChI=1S/C29H33ClN4O4S/c30-20-9-11-23(12-10-20)38-19-22(35)17-31-15-13-27(36)33-16-14-26-25(18-33)28(37)34(21-5-2-1-3-6-21)29(32-26)39-24-7-4-8-24/h1-3,5-6,9-12,22,24,31,35H,4,7-8,13-19H2. The number of ether oxygens (including phenoxy) is 1. The third-order valence-electron chi connectivity index (χ3n) is 7.04. The van der Waals surface area contributed by atoms with Crippen molar-refractivity contribution in [1.82, 2.24) is 19.8 Å². The molecule has 2 aromatic carbocycles. The number of hydrogen-bond donors (Lipinski definition) is 2. The summed E-state index contributed by atoms with van der Waals surface area (Å²) in [6, 6.07) is 16.6. The van der Waals surface area contributed by atoms with Gasteiger partial charge in [-0.05, 0) is 49.2 Å². The number of aromatic nitrogens is 2. The van der Waals surface area contributed by atoms with E-state index >= 15 is 0 Å². The highest BCUT2D eigenvalue weighted by Crippen LogP contribution is 2.36. The lowest BCUT2D eigenvalue weighted by atomic mass is 10.0. The van der Waals surface area contributed by atoms with Crippen LogP contribution in [0.5, 0.6) is 5.75 Å². The van der Waals surface area contributed by atoms with Crippen molar-refractivity contribution in [1.29, 1.82) is 0 Å². The third-order valence-corrected chi connectivity index (χ3v) is 8.58. The van der Waals surface area contributed by atoms with Crippen molar-refractivity contribution in [2.75, 3.05) is 26.2 Å². The Kier molecular flexibility index (Phi) is 9.24. The highest BCUT2D eigenvalue weighted by atomic mass is 35.5. The first-order chi connectivity index (χ1) is 19.0. The number of nitrogens with one attached hydrogen (secondary N) is 1. The first-order valence-corrected chi connectivity index (χ1v) is 14.7. The summed E-state index contributed by atoms with van der Waals surface area (Å²) >= 11 is 7.56. The van der Waals surface area contributed by atoms with Crippen LogP contribution in [0.15, 0.2) is 64.5 Å². The molecule has 1 amide bonds. The second-order valence-electron chi connectivity index (χ2n) is 9.90. The normalized spacial score (nSPS) is 15.9. The largest absolute Gasteiger partial charge is 0.491 e. The second kappa shape index (κ2) is 13.0. The molecule has 1 aliphatic heterocycles. The first-order valence-electron chi connectivity index (χ1n) is 13.4. The van der Waals surface area contributed by atoms with E-state index in [1.165, 1.54) is 6.42 Å². The van der Waals surface area contributed by atoms with Crippen molar-refractivity contribution in [2.24, 2.45) is 0 Å². The summed E-state index contributed by atoms with van der Waals surface area (Å²) < 4.78 is 7.27. The molecule has 1 saturated carbocycles. The van der Waals surface area contributed by atoms with Crippen molar-refractivity contribution in [2.45, 2.75) is 55.2 Å². The number of carbonyl (C=O) groups excluding carboxylic acids is 1. The topological polar surface area (TPSA) is 96.7 Å². The van der Waals surface area contributed by atoms with Gasteiger partial charge in [0.2, 0.25) is 5.91 Å². The van der Waals surface area contributed by atoms with E-state index in [4.69, 9.17) is 21.3 Å². The summed E-state index contributed by atoms with van der Waals surface area (Å²) in [5.41, 5.74) is 2.11. The molecule has 206 valence electrons. The lowest BCUT2D eigenvalue weighted by Gasteiger charge is -2.30. The number of aliphatic hydroxyl groups excluding tert-OH is 1. The summed E-state index contributed by atoms with van der Waals surface area (Å²) in [5, 5.41) is 15.2. The zero-order chi connectivity index (χ0) is 27.2. The number of benzene rings is 2. The molecule has 0 saturated heterocycles. The Morgan fingerprint density at radius 2 is 1.95 bits per heavy atom. The van der Waals surface area contributed by atoms with Gasteiger partial charge < -0.3 is 20.1 Å². The molecule has 2 aliphatic rings. The average Bonchev–Trinajstić information content (AvgIpc) is 2.93. The number of aliphatic hydroxyl groups is 1. The molecule has 1 aromatic heterocycles. The van der Waals surface area contributed by atoms with E-state index in [2.05, 4.69) is 5.32 Å². The maximum absolute atomic E-state index is 13.7. The number of amides is 1. The van der Waals surface area contributed by atoms with Crippen LogP contribution in [-0.2, 0) is 17.8 Å². The molecule has 1 atom stereocenters. The van der Waals surface area contributed by atoms with Crippen molar-refractivity contribution >= 4 is 29.3 Å². The van der Waals surface area contributed by atoms with Gasteiger partial charge in [-0.25, -0.2) is 4.98 Å². The Balaban J connectivity index is 1.16. The molecule has 1 fully saturated rings. The van der Waals surface area contributed by atoms with Crippen LogP contribution in [0.4, 0.5) is 0 Å². The molecular weight excluding hydrogens is 536 g/mol. The lowest BCUT2D eigenvalue weighted by molar-refractivity contribution is -0.132. The molecule has 0 bridgehead atoms. The second-order valence-corrected chi connectivity index (χ2v) is 11.6. The van der Waals surface area contributed by atoms with Crippen molar-refractivity contribution < 1.29 is 14.6 Å². The summed E-state index contributed by atoms with van der Waals surface area (Å²) in [4.78, 5) is 33.4. The van der Waals surface area contributed by atoms with E-state index in [-0.39, 0.29) is 31.0 Å². The van der Waals surface area contributed by atoms with E-state index in [0.29, 0.717) is 47.6 Å². The molecular formula is C29H33ClN4O4S. The Bertz CT molecular complexity index is 1330. The Morgan fingerprint density at radius 1 is 1.18 bits per heavy atom. The van der Waals surface area contributed by atoms with Crippen LogP contribution in [0.1, 0.15) is 36.9 Å². The Morgan fingerprint density at radius 3 is 2.67 bits per heavy atom. The maximum Gasteiger partial charge on any atom is 0.264 e. The predicted molar refractivity (Wildman–Crippen MR) is 153 cm³/mol. The molecule has 2 heterocycles. The minimum absolute atomic E-state index is 0.0290. The fraction of sp³-hybridized carbons (Fsp3) is 0.414. The summed E-state index contributed by atoms with van der Waals surface area (Å²) in [7, 11) is 0. The van der Waals surface area contributed by atoms with Gasteiger partial charge in [0.1, 0.15) is 18.5 Å². The quantitative estimate of drug-likeness (QED) is 0.268. The number of hydrogen-bond acceptors (Lipinski definition) is 7. The molecule has 10 heteroatoms. The van der Waals surface area contributed by atoms with Gasteiger partial charge in [-0.1, -0.05) is 48.0 Å². The summed E-state index contributed by atoms with van der Waals surface area (Å²) in [5.74, 6) is 0.604. The van der Waals surface area contributed by atoms with E-state index < -0.39 is 6.10 Å². The van der Waals surface area contributed by atoms with Gasteiger partial charge in [-0.3, -0.25) is 14.2 Å². The molecule has 8 nitrogen and oxygen atoms in total. The minimum Gasteiger partial charge on any atom is -0.491 e. The zero-order valence-electron chi connectivity index (χ0n) is 21.7. The summed E-state index contributed by atoms with van der Waals surface area (Å²) in [6.45, 7) is 1.66. The van der Waals surface area contributed by atoms with Crippen LogP contribution in [-0.4, -0.2) is 63.1 Å². The molecule has 0 spiro atoms. The van der Waals surface area contributed by atoms with Crippen LogP contribution in [0.3, 0.4) is 0 Å². The molecule has 1 aliphatic carbocycles. The minimum atomic E-state index is -0.716. The number of thioether (sulfide) groups is 1. The van der Waals surface area contributed by atoms with E-state index in [1.54, 1.807) is 45.5 Å². The Hall–Kier alpha value is -2.85. The van der Waals surface area contributed by atoms with Gasteiger partial charge in [0.05, 0.1) is 23.5 Å². The maximum atomic E-state index is 13.7. The molecule has 3 aromatic rings. The van der Waals surface area contributed by atoms with Crippen LogP contribution >= 0.6 is 23.4 Å². The number of nitrogens with zero attached hydrogens (tertiary/aromatic N) is 3. The first kappa shape index (κ1) is 27.7. The van der Waals surface area contributed by atoms with Gasteiger partial charge in [0.15, 0.2) is 5.16 Å². The smallest absolute Gasteiger partial charge is 0.264 e. The molecule has 2 N–H and O–H groups in total. The van der Waals surface area contributed by atoms with Crippen molar-refractivity contribution in [3.63, 3.8) is 0 Å². The molecule has 0 radical (unpaired) electrons. The highest BCUT2D eigenvalue weighted by molar-refractivity contribution is 7.99. The van der Waals surface area contributed by atoms with E-state index in [1.807, 2.05) is 30.3 Å². The van der Waals surface area contributed by atoms with Crippen molar-refractivity contribution in [3.8, 4) is 11.4 Å². The molecule has 39 heavy (non-hydrogen) atoms. The molecule has 5 rings (SSSR count). The fourth-order valence-corrected chi connectivity index (χ4v) is 6.04. The van der Waals surface area contributed by atoms with Crippen LogP contribution < -0.4 is 15.6 Å². The number of carbonyl (C=O) groups is 1. The van der Waals surface area contributed by atoms with Gasteiger partial charge in [0, 0.05) is 42.7 Å². The Labute approximate surface area is 237 Å². The zero-order valence-corrected chi connectivity index (χ0v) is 23.3. The predicted octanol–water partition coefficient (Wildman–Crippen LogP) is 3.83. The highest BCUT2D eigenvalue weighted by Gasteiger charge is 2.28. The fourth-order valence-electron chi connectivity index (χ4n) is 4.59. The van der Waals surface area contributed by atoms with Crippen LogP contribution in [0.25, 0.3) is 5.69 Å². The van der Waals surface area contributed by atoms with E-state index in [9.17, 15) is 14.7 Å². The third kappa shape index (κ3) is 7.03. The molecule has 1 unspecified atom stereocenters. The van der Waals surface area contributed by atoms with Gasteiger partial charge in [-0.15, -0.1) is 0 Å². The number of para-hydroxylation sites is 1. The SMILES string of the molecule is O=C(CCNCC(O)COc1ccc(Cl)cc1)N1CCc2nc(SC3CCC3)n(-c3ccccc3)c(=O)c2C1. The number of halogens is 1.